The molecular weight excluding hydrogens is 331 g/mol. The van der Waals surface area contributed by atoms with E-state index < -0.39 is 0 Å². The fourth-order valence-corrected chi connectivity index (χ4v) is 3.18. The zero-order valence-electron chi connectivity index (χ0n) is 15.5. The first kappa shape index (κ1) is 18.4. The van der Waals surface area contributed by atoms with Gasteiger partial charge < -0.3 is 4.90 Å². The van der Waals surface area contributed by atoms with Gasteiger partial charge in [-0.15, -0.1) is 0 Å². The highest BCUT2D eigenvalue weighted by atomic mass is 16.2. The third kappa shape index (κ3) is 4.40. The number of aryl methyl sites for hydroxylation is 1. The van der Waals surface area contributed by atoms with E-state index in [-0.39, 0.29) is 11.2 Å². The van der Waals surface area contributed by atoms with Gasteiger partial charge >= 0.3 is 5.69 Å². The molecule has 0 saturated carbocycles. The Bertz CT molecular complexity index is 857. The monoisotopic (exact) mass is 356 g/mol. The van der Waals surface area contributed by atoms with Gasteiger partial charge in [0.25, 0.3) is 5.56 Å². The quantitative estimate of drug-likeness (QED) is 0.449. The zero-order chi connectivity index (χ0) is 18.5. The second kappa shape index (κ2) is 8.31. The van der Waals surface area contributed by atoms with Crippen molar-refractivity contribution in [3.63, 3.8) is 0 Å². The number of aromatic nitrogens is 4. The molecule has 1 fully saturated rings. The molecule has 0 unspecified atom stereocenters. The topological polar surface area (TPSA) is 76.3 Å². The minimum Gasteiger partial charge on any atom is -0.354 e. The number of nitrogens with zero attached hydrogens (tertiary/aromatic N) is 6. The summed E-state index contributed by atoms with van der Waals surface area (Å²) in [5, 5.41) is 3.92. The van der Waals surface area contributed by atoms with Gasteiger partial charge in [-0.05, 0) is 31.0 Å². The average molecular weight is 356 g/mol. The predicted molar refractivity (Wildman–Crippen MR) is 104 cm³/mol. The lowest BCUT2D eigenvalue weighted by molar-refractivity contribution is 0.250. The maximum Gasteiger partial charge on any atom is 0.347 e. The fraction of sp³-hybridized carbons (Fsp3) is 0.529. The first-order valence-corrected chi connectivity index (χ1v) is 9.09. The molecule has 0 aromatic carbocycles. The molecule has 9 heteroatoms. The Kier molecular flexibility index (Phi) is 5.87. The van der Waals surface area contributed by atoms with Crippen LogP contribution in [0.4, 0.5) is 5.82 Å². The lowest BCUT2D eigenvalue weighted by atomic mass is 10.0. The minimum absolute atomic E-state index is 0.350. The van der Waals surface area contributed by atoms with Crippen LogP contribution in [-0.4, -0.2) is 64.8 Å². The number of rotatable bonds is 6. The van der Waals surface area contributed by atoms with Gasteiger partial charge in [-0.3, -0.25) is 14.3 Å². The van der Waals surface area contributed by atoms with Gasteiger partial charge in [0.1, 0.15) is 12.0 Å². The number of unbranched alkanes of at least 4 members (excludes halogenated alkanes) is 1. The maximum atomic E-state index is 11.9. The highest BCUT2D eigenvalue weighted by molar-refractivity contribution is 6.30. The van der Waals surface area contributed by atoms with Crippen molar-refractivity contribution in [1.82, 2.24) is 24.2 Å². The SMILES string of the molecule is Bc1cccc(N2CCN(CCCCn3ncc(=O)n(C)c3=O)CC2)n1. The van der Waals surface area contributed by atoms with Gasteiger partial charge in [-0.25, -0.2) is 14.5 Å². The van der Waals surface area contributed by atoms with Crippen molar-refractivity contribution in [3.05, 3.63) is 45.2 Å². The van der Waals surface area contributed by atoms with E-state index in [4.69, 9.17) is 0 Å². The van der Waals surface area contributed by atoms with Gasteiger partial charge in [0, 0.05) is 39.8 Å². The van der Waals surface area contributed by atoms with E-state index >= 15 is 0 Å². The van der Waals surface area contributed by atoms with Crippen molar-refractivity contribution in [2.75, 3.05) is 37.6 Å². The molecule has 2 aromatic rings. The van der Waals surface area contributed by atoms with Crippen LogP contribution in [0.2, 0.25) is 0 Å². The maximum absolute atomic E-state index is 11.9. The van der Waals surface area contributed by atoms with E-state index in [0.717, 1.165) is 61.5 Å². The molecule has 3 heterocycles. The van der Waals surface area contributed by atoms with E-state index in [0.29, 0.717) is 6.54 Å². The third-order valence-corrected chi connectivity index (χ3v) is 4.81. The van der Waals surface area contributed by atoms with Crippen LogP contribution in [-0.2, 0) is 13.6 Å². The Morgan fingerprint density at radius 3 is 2.54 bits per heavy atom. The van der Waals surface area contributed by atoms with Crippen LogP contribution in [0, 0.1) is 0 Å². The van der Waals surface area contributed by atoms with Crippen LogP contribution in [0.1, 0.15) is 12.8 Å². The summed E-state index contributed by atoms with van der Waals surface area (Å²) in [6.45, 7) is 5.56. The Morgan fingerprint density at radius 1 is 1.08 bits per heavy atom. The molecule has 0 spiro atoms. The zero-order valence-corrected chi connectivity index (χ0v) is 15.5. The van der Waals surface area contributed by atoms with E-state index in [9.17, 15) is 9.59 Å². The molecule has 0 N–H and O–H groups in total. The number of hydrogen-bond donors (Lipinski definition) is 0. The van der Waals surface area contributed by atoms with E-state index in [1.54, 1.807) is 0 Å². The second-order valence-corrected chi connectivity index (χ2v) is 6.72. The first-order valence-electron chi connectivity index (χ1n) is 9.09. The summed E-state index contributed by atoms with van der Waals surface area (Å²) in [4.78, 5) is 32.6. The smallest absolute Gasteiger partial charge is 0.347 e. The molecule has 1 aliphatic heterocycles. The predicted octanol–water partition coefficient (Wildman–Crippen LogP) is -1.80. The Balaban J connectivity index is 1.41. The van der Waals surface area contributed by atoms with Crippen molar-refractivity contribution in [2.24, 2.45) is 7.05 Å². The van der Waals surface area contributed by atoms with Gasteiger partial charge in [-0.1, -0.05) is 12.1 Å². The average Bonchev–Trinajstić information content (AvgIpc) is 2.65. The number of pyridine rings is 1. The van der Waals surface area contributed by atoms with Gasteiger partial charge in [0.05, 0.1) is 0 Å². The van der Waals surface area contributed by atoms with Crippen molar-refractivity contribution in [3.8, 4) is 0 Å². The summed E-state index contributed by atoms with van der Waals surface area (Å²) in [6.07, 6.45) is 3.06. The van der Waals surface area contributed by atoms with Crippen LogP contribution < -0.4 is 21.7 Å². The second-order valence-electron chi connectivity index (χ2n) is 6.72. The van der Waals surface area contributed by atoms with Crippen molar-refractivity contribution < 1.29 is 0 Å². The Morgan fingerprint density at radius 2 is 1.81 bits per heavy atom. The number of hydrogen-bond acceptors (Lipinski definition) is 6. The summed E-state index contributed by atoms with van der Waals surface area (Å²) in [6, 6.07) is 6.14. The Labute approximate surface area is 153 Å². The molecular formula is C17H25BN6O2. The molecule has 1 aliphatic rings. The number of anilines is 1. The lowest BCUT2D eigenvalue weighted by Gasteiger charge is -2.35. The number of piperazine rings is 1. The van der Waals surface area contributed by atoms with E-state index in [1.165, 1.54) is 17.9 Å². The summed E-state index contributed by atoms with van der Waals surface area (Å²) >= 11 is 0. The Hall–Kier alpha value is -2.42. The molecule has 138 valence electrons. The summed E-state index contributed by atoms with van der Waals surface area (Å²) in [7, 11) is 3.50. The highest BCUT2D eigenvalue weighted by Crippen LogP contribution is 2.12. The van der Waals surface area contributed by atoms with E-state index in [1.807, 2.05) is 13.9 Å². The van der Waals surface area contributed by atoms with E-state index in [2.05, 4.69) is 32.0 Å². The normalized spacial score (nSPS) is 15.3. The molecule has 1 saturated heterocycles. The summed E-state index contributed by atoms with van der Waals surface area (Å²) in [5.74, 6) is 1.06. The minimum atomic E-state index is -0.368. The first-order chi connectivity index (χ1) is 12.5. The van der Waals surface area contributed by atoms with Crippen LogP contribution in [0.3, 0.4) is 0 Å². The molecule has 2 aromatic heterocycles. The third-order valence-electron chi connectivity index (χ3n) is 4.81. The lowest BCUT2D eigenvalue weighted by Crippen LogP contribution is -2.47. The van der Waals surface area contributed by atoms with Crippen molar-refractivity contribution in [1.29, 1.82) is 0 Å². The van der Waals surface area contributed by atoms with Crippen LogP contribution in [0.5, 0.6) is 0 Å². The fourth-order valence-electron chi connectivity index (χ4n) is 3.18. The standard InChI is InChI=1S/C17H25BN6O2/c1-21-16(25)13-19-24(17(21)26)8-3-2-7-22-9-11-23(12-10-22)15-6-4-5-14(18)20-15/h4-6,13H,2-3,7-12,18H2,1H3. The largest absolute Gasteiger partial charge is 0.354 e. The van der Waals surface area contributed by atoms with Gasteiger partial charge in [0.15, 0.2) is 7.85 Å². The van der Waals surface area contributed by atoms with Crippen molar-refractivity contribution in [2.45, 2.75) is 19.4 Å². The molecule has 0 aliphatic carbocycles. The molecule has 0 atom stereocenters. The van der Waals surface area contributed by atoms with Gasteiger partial charge in [0.2, 0.25) is 0 Å². The summed E-state index contributed by atoms with van der Waals surface area (Å²) < 4.78 is 2.45. The molecule has 3 rings (SSSR count). The van der Waals surface area contributed by atoms with Crippen LogP contribution in [0.15, 0.2) is 34.0 Å². The molecule has 26 heavy (non-hydrogen) atoms. The molecule has 8 nitrogen and oxygen atoms in total. The molecule has 0 amide bonds. The molecule has 0 bridgehead atoms. The summed E-state index contributed by atoms with van der Waals surface area (Å²) in [5.41, 5.74) is 0.330. The van der Waals surface area contributed by atoms with Crippen LogP contribution in [0.25, 0.3) is 0 Å². The van der Waals surface area contributed by atoms with Crippen LogP contribution >= 0.6 is 0 Å². The molecule has 0 radical (unpaired) electrons. The van der Waals surface area contributed by atoms with Gasteiger partial charge in [-0.2, -0.15) is 5.10 Å². The highest BCUT2D eigenvalue weighted by Gasteiger charge is 2.17. The van der Waals surface area contributed by atoms with Crippen molar-refractivity contribution >= 4 is 19.3 Å².